The summed E-state index contributed by atoms with van der Waals surface area (Å²) in [5.74, 6) is 0. The molecule has 0 unspecified atom stereocenters. The average Bonchev–Trinajstić information content (AvgIpc) is 3.29. The van der Waals surface area contributed by atoms with Crippen molar-refractivity contribution in [3.05, 3.63) is 121 Å². The van der Waals surface area contributed by atoms with E-state index in [4.69, 9.17) is 0 Å². The number of aromatic amines is 1. The smallest absolute Gasteiger partial charge is 0.0544 e. The quantitative estimate of drug-likeness (QED) is 0.243. The van der Waals surface area contributed by atoms with Gasteiger partial charge in [0, 0.05) is 21.9 Å². The maximum Gasteiger partial charge on any atom is 0.0544 e. The van der Waals surface area contributed by atoms with E-state index >= 15 is 0 Å². The largest absolute Gasteiger partial charge is 0.354 e. The van der Waals surface area contributed by atoms with Crippen LogP contribution in [0, 0.1) is 0 Å². The Bertz CT molecular complexity index is 2070. The molecule has 7 aromatic carbocycles. The predicted octanol–water partition coefficient (Wildman–Crippen LogP) is 9.60. The highest BCUT2D eigenvalue weighted by molar-refractivity contribution is 6.26. The summed E-state index contributed by atoms with van der Waals surface area (Å²) in [6.07, 6.45) is 0. The van der Waals surface area contributed by atoms with E-state index in [-0.39, 0.29) is 0 Å². The molecule has 1 heterocycles. The van der Waals surface area contributed by atoms with Crippen LogP contribution in [0.25, 0.3) is 76.0 Å². The second-order valence-corrected chi connectivity index (χ2v) is 9.45. The molecule has 0 aliphatic heterocycles. The molecule has 0 spiro atoms. The Hall–Kier alpha value is -4.62. The fraction of sp³-hybridized carbons (Fsp3) is 0. The van der Waals surface area contributed by atoms with Crippen molar-refractivity contribution in [2.75, 3.05) is 0 Å². The monoisotopic (exact) mass is 443 g/mol. The molecular formula is C34H21N. The Morgan fingerprint density at radius 3 is 1.66 bits per heavy atom. The number of para-hydroxylation sites is 1. The highest BCUT2D eigenvalue weighted by atomic mass is 14.7. The molecule has 1 nitrogen and oxygen atoms in total. The zero-order valence-corrected chi connectivity index (χ0v) is 19.0. The molecule has 0 atom stereocenters. The first-order chi connectivity index (χ1) is 17.3. The minimum atomic E-state index is 1.18. The molecule has 0 aliphatic rings. The summed E-state index contributed by atoms with van der Waals surface area (Å²) < 4.78 is 0. The van der Waals surface area contributed by atoms with Crippen LogP contribution in [0.4, 0.5) is 0 Å². The van der Waals surface area contributed by atoms with Crippen molar-refractivity contribution in [1.82, 2.24) is 4.98 Å². The van der Waals surface area contributed by atoms with Gasteiger partial charge in [-0.2, -0.15) is 0 Å². The molecule has 0 fully saturated rings. The number of nitrogens with one attached hydrogen (secondary N) is 1. The fourth-order valence-corrected chi connectivity index (χ4v) is 5.93. The number of hydrogen-bond donors (Lipinski definition) is 1. The van der Waals surface area contributed by atoms with Gasteiger partial charge in [0.25, 0.3) is 0 Å². The van der Waals surface area contributed by atoms with E-state index in [0.29, 0.717) is 0 Å². The molecule has 0 bridgehead atoms. The molecule has 35 heavy (non-hydrogen) atoms. The van der Waals surface area contributed by atoms with E-state index in [1.54, 1.807) is 0 Å². The molecule has 8 aromatic rings. The Morgan fingerprint density at radius 1 is 0.371 bits per heavy atom. The van der Waals surface area contributed by atoms with Crippen LogP contribution >= 0.6 is 0 Å². The highest BCUT2D eigenvalue weighted by Crippen LogP contribution is 2.39. The molecule has 1 heteroatoms. The zero-order valence-electron chi connectivity index (χ0n) is 19.0. The number of aromatic nitrogens is 1. The van der Waals surface area contributed by atoms with Crippen molar-refractivity contribution in [1.29, 1.82) is 0 Å². The van der Waals surface area contributed by atoms with Crippen molar-refractivity contribution < 1.29 is 0 Å². The van der Waals surface area contributed by atoms with Gasteiger partial charge in [0.05, 0.1) is 5.52 Å². The summed E-state index contributed by atoms with van der Waals surface area (Å²) in [5.41, 5.74) is 4.85. The molecule has 1 aromatic heterocycles. The fourth-order valence-electron chi connectivity index (χ4n) is 5.93. The minimum Gasteiger partial charge on any atom is -0.354 e. The Morgan fingerprint density at radius 2 is 0.943 bits per heavy atom. The highest BCUT2D eigenvalue weighted by Gasteiger charge is 2.13. The first kappa shape index (κ1) is 18.8. The van der Waals surface area contributed by atoms with Crippen molar-refractivity contribution in [3.8, 4) is 11.1 Å². The van der Waals surface area contributed by atoms with Gasteiger partial charge >= 0.3 is 0 Å². The van der Waals surface area contributed by atoms with Crippen LogP contribution in [-0.4, -0.2) is 4.98 Å². The molecule has 8 rings (SSSR count). The third-order valence-corrected chi connectivity index (χ3v) is 7.56. The molecule has 0 aliphatic carbocycles. The standard InChI is InChI=1S/C34H21N/c1-2-9-22-20-33-32(18-21(22)8-1)30-15-7-14-24(34(30)35-33)23-16-17-29-27-12-4-3-10-25(27)26-11-5-6-13-28(26)31(29)19-23/h1-20,35H. The minimum absolute atomic E-state index is 1.18. The Labute approximate surface area is 202 Å². The molecular weight excluding hydrogens is 422 g/mol. The maximum absolute atomic E-state index is 3.75. The number of H-pyrrole nitrogens is 1. The van der Waals surface area contributed by atoms with Gasteiger partial charge < -0.3 is 4.98 Å². The summed E-state index contributed by atoms with van der Waals surface area (Å²) >= 11 is 0. The van der Waals surface area contributed by atoms with Crippen molar-refractivity contribution in [2.24, 2.45) is 0 Å². The third kappa shape index (κ3) is 2.64. The van der Waals surface area contributed by atoms with E-state index in [0.717, 1.165) is 0 Å². The lowest BCUT2D eigenvalue weighted by molar-refractivity contribution is 1.54. The van der Waals surface area contributed by atoms with Crippen LogP contribution in [0.15, 0.2) is 121 Å². The van der Waals surface area contributed by atoms with Crippen molar-refractivity contribution in [3.63, 3.8) is 0 Å². The maximum atomic E-state index is 3.75. The summed E-state index contributed by atoms with van der Waals surface area (Å²) in [7, 11) is 0. The molecule has 0 radical (unpaired) electrons. The van der Waals surface area contributed by atoms with Gasteiger partial charge in [-0.25, -0.2) is 0 Å². The lowest BCUT2D eigenvalue weighted by atomic mass is 9.91. The van der Waals surface area contributed by atoms with Gasteiger partial charge in [-0.1, -0.05) is 103 Å². The van der Waals surface area contributed by atoms with E-state index in [1.807, 2.05) is 0 Å². The Kier molecular flexibility index (Phi) is 3.72. The topological polar surface area (TPSA) is 15.8 Å². The normalized spacial score (nSPS) is 12.0. The van der Waals surface area contributed by atoms with Gasteiger partial charge in [0.1, 0.15) is 0 Å². The number of fused-ring (bicyclic) bond motifs is 10. The predicted molar refractivity (Wildman–Crippen MR) is 151 cm³/mol. The molecule has 0 amide bonds. The first-order valence-electron chi connectivity index (χ1n) is 12.1. The van der Waals surface area contributed by atoms with Crippen LogP contribution < -0.4 is 0 Å². The van der Waals surface area contributed by atoms with Crippen LogP contribution in [0.5, 0.6) is 0 Å². The number of hydrogen-bond acceptors (Lipinski definition) is 0. The van der Waals surface area contributed by atoms with Gasteiger partial charge in [0.2, 0.25) is 0 Å². The molecule has 162 valence electrons. The van der Waals surface area contributed by atoms with E-state index in [1.165, 1.54) is 76.0 Å². The number of benzene rings is 7. The lowest BCUT2D eigenvalue weighted by Gasteiger charge is -2.12. The summed E-state index contributed by atoms with van der Waals surface area (Å²) in [6.45, 7) is 0. The Balaban J connectivity index is 1.45. The van der Waals surface area contributed by atoms with E-state index < -0.39 is 0 Å². The van der Waals surface area contributed by atoms with Gasteiger partial charge in [-0.3, -0.25) is 0 Å². The zero-order chi connectivity index (χ0) is 22.9. The number of rotatable bonds is 1. The lowest BCUT2D eigenvalue weighted by Crippen LogP contribution is -1.85. The molecule has 0 saturated heterocycles. The van der Waals surface area contributed by atoms with Crippen LogP contribution in [0.3, 0.4) is 0 Å². The van der Waals surface area contributed by atoms with Crippen LogP contribution in [-0.2, 0) is 0 Å². The van der Waals surface area contributed by atoms with Crippen molar-refractivity contribution in [2.45, 2.75) is 0 Å². The summed E-state index contributed by atoms with van der Waals surface area (Å²) in [5, 5.41) is 12.9. The summed E-state index contributed by atoms with van der Waals surface area (Å²) in [6, 6.07) is 44.3. The third-order valence-electron chi connectivity index (χ3n) is 7.56. The van der Waals surface area contributed by atoms with Crippen molar-refractivity contribution >= 4 is 64.9 Å². The molecule has 1 N–H and O–H groups in total. The SMILES string of the molecule is c1ccc2cc3c(cc2c1)[nH]c1c(-c2ccc4c5ccccc5c5ccccc5c4c2)cccc13. The first-order valence-corrected chi connectivity index (χ1v) is 12.1. The van der Waals surface area contributed by atoms with Crippen LogP contribution in [0.1, 0.15) is 0 Å². The second kappa shape index (κ2) is 6.94. The molecule has 0 saturated carbocycles. The van der Waals surface area contributed by atoms with Gasteiger partial charge in [-0.15, -0.1) is 0 Å². The van der Waals surface area contributed by atoms with Gasteiger partial charge in [0.15, 0.2) is 0 Å². The van der Waals surface area contributed by atoms with Crippen LogP contribution in [0.2, 0.25) is 0 Å². The second-order valence-electron chi connectivity index (χ2n) is 9.45. The average molecular weight is 444 g/mol. The van der Waals surface area contributed by atoms with E-state index in [9.17, 15) is 0 Å². The van der Waals surface area contributed by atoms with E-state index in [2.05, 4.69) is 126 Å². The van der Waals surface area contributed by atoms with Gasteiger partial charge in [-0.05, 0) is 66.9 Å². The summed E-state index contributed by atoms with van der Waals surface area (Å²) in [4.78, 5) is 3.75.